The van der Waals surface area contributed by atoms with Gasteiger partial charge in [-0.25, -0.2) is 0 Å². The zero-order valence-corrected chi connectivity index (χ0v) is 22.9. The van der Waals surface area contributed by atoms with Crippen LogP contribution in [0.15, 0.2) is 31.0 Å². The summed E-state index contributed by atoms with van der Waals surface area (Å²) >= 11 is 0. The molecule has 1 N–H and O–H groups in total. The van der Waals surface area contributed by atoms with Crippen LogP contribution < -0.4 is 9.64 Å². The number of ether oxygens (including phenoxy) is 1. The van der Waals surface area contributed by atoms with E-state index in [0.717, 1.165) is 49.4 Å². The molecule has 1 aromatic carbocycles. The van der Waals surface area contributed by atoms with E-state index in [0.29, 0.717) is 25.0 Å². The average molecular weight is 518 g/mol. The van der Waals surface area contributed by atoms with Crippen molar-refractivity contribution in [1.82, 2.24) is 30.0 Å². The Bertz CT molecular complexity index is 1290. The van der Waals surface area contributed by atoms with Crippen LogP contribution >= 0.6 is 0 Å². The van der Waals surface area contributed by atoms with Gasteiger partial charge < -0.3 is 19.4 Å². The summed E-state index contributed by atoms with van der Waals surface area (Å²) in [6.45, 7) is 11.2. The second-order valence-electron chi connectivity index (χ2n) is 10.6. The van der Waals surface area contributed by atoms with Crippen LogP contribution in [0.3, 0.4) is 0 Å². The van der Waals surface area contributed by atoms with Gasteiger partial charge >= 0.3 is 6.01 Å². The minimum atomic E-state index is -0.0152. The van der Waals surface area contributed by atoms with E-state index in [2.05, 4.69) is 52.7 Å². The standard InChI is InChI=1S/C24H28N6O2.C5H11N/c1-4-21(31)29-9-11-30(12-10-29)23-17-7-6-16(13-20(17)26-24(27-23)32-3)22-15(2)5-8-19-18(22)14-25-28-19;1-6-4-2-3-5-6/h4-5,8,14,16H,1,6-7,9-13H2,2-3H3,(H,25,28);2-5H2,1H3. The minimum Gasteiger partial charge on any atom is -0.467 e. The number of hydrogen-bond donors (Lipinski definition) is 1. The molecule has 1 aliphatic carbocycles. The first-order valence-electron chi connectivity index (χ1n) is 13.7. The Morgan fingerprint density at radius 1 is 1.13 bits per heavy atom. The molecule has 3 aliphatic rings. The number of rotatable bonds is 4. The van der Waals surface area contributed by atoms with Gasteiger partial charge in [0.1, 0.15) is 5.82 Å². The number of aromatic nitrogens is 4. The summed E-state index contributed by atoms with van der Waals surface area (Å²) < 4.78 is 5.47. The van der Waals surface area contributed by atoms with Gasteiger partial charge in [-0.3, -0.25) is 9.89 Å². The maximum atomic E-state index is 12.0. The number of aryl methyl sites for hydroxylation is 1. The van der Waals surface area contributed by atoms with Gasteiger partial charge in [0.2, 0.25) is 5.91 Å². The Kier molecular flexibility index (Phi) is 7.93. The van der Waals surface area contributed by atoms with Gasteiger partial charge in [0.25, 0.3) is 0 Å². The van der Waals surface area contributed by atoms with Crippen molar-refractivity contribution in [2.45, 2.75) is 44.9 Å². The smallest absolute Gasteiger partial charge is 0.318 e. The summed E-state index contributed by atoms with van der Waals surface area (Å²) in [5, 5.41) is 8.55. The molecule has 2 aliphatic heterocycles. The quantitative estimate of drug-likeness (QED) is 0.530. The maximum absolute atomic E-state index is 12.0. The zero-order valence-electron chi connectivity index (χ0n) is 22.9. The largest absolute Gasteiger partial charge is 0.467 e. The second-order valence-corrected chi connectivity index (χ2v) is 10.6. The molecule has 1 atom stereocenters. The first-order valence-corrected chi connectivity index (χ1v) is 13.7. The number of aromatic amines is 1. The van der Waals surface area contributed by atoms with Crippen molar-refractivity contribution in [3.05, 3.63) is 53.4 Å². The first-order chi connectivity index (χ1) is 18.5. The monoisotopic (exact) mass is 517 g/mol. The topological polar surface area (TPSA) is 90.5 Å². The third-order valence-corrected chi connectivity index (χ3v) is 8.10. The third-order valence-electron chi connectivity index (χ3n) is 8.10. The lowest BCUT2D eigenvalue weighted by molar-refractivity contribution is -0.126. The number of likely N-dealkylation sites (tertiary alicyclic amines) is 1. The number of nitrogens with one attached hydrogen (secondary N) is 1. The molecule has 9 nitrogen and oxygen atoms in total. The van der Waals surface area contributed by atoms with Crippen LogP contribution in [-0.2, 0) is 17.6 Å². The highest BCUT2D eigenvalue weighted by atomic mass is 16.5. The summed E-state index contributed by atoms with van der Waals surface area (Å²) in [7, 11) is 3.79. The van der Waals surface area contributed by atoms with Crippen LogP contribution in [0.5, 0.6) is 6.01 Å². The van der Waals surface area contributed by atoms with Crippen LogP contribution in [0.2, 0.25) is 0 Å². The molecule has 0 spiro atoms. The highest BCUT2D eigenvalue weighted by molar-refractivity contribution is 5.87. The molecule has 1 amide bonds. The minimum absolute atomic E-state index is 0.0152. The van der Waals surface area contributed by atoms with Gasteiger partial charge in [0.05, 0.1) is 24.5 Å². The fraction of sp³-hybridized carbons (Fsp3) is 0.517. The number of hydrogen-bond acceptors (Lipinski definition) is 7. The molecule has 2 aromatic heterocycles. The number of nitrogens with zero attached hydrogens (tertiary/aromatic N) is 6. The molecule has 0 radical (unpaired) electrons. The molecule has 0 saturated carbocycles. The first kappa shape index (κ1) is 26.2. The number of piperazine rings is 1. The molecule has 1 unspecified atom stereocenters. The number of fused-ring (bicyclic) bond motifs is 2. The lowest BCUT2D eigenvalue weighted by atomic mass is 9.79. The molecule has 2 fully saturated rings. The molecular formula is C29H39N7O2. The average Bonchev–Trinajstić information content (AvgIpc) is 3.63. The molecule has 3 aromatic rings. The van der Waals surface area contributed by atoms with Gasteiger partial charge in [-0.05, 0) is 88.4 Å². The Morgan fingerprint density at radius 2 is 1.89 bits per heavy atom. The van der Waals surface area contributed by atoms with E-state index in [1.54, 1.807) is 7.11 Å². The molecule has 4 heterocycles. The fourth-order valence-electron chi connectivity index (χ4n) is 6.01. The Balaban J connectivity index is 0.000000433. The number of carbonyl (C=O) groups excluding carboxylic acids is 1. The van der Waals surface area contributed by atoms with Crippen molar-refractivity contribution in [1.29, 1.82) is 0 Å². The second kappa shape index (κ2) is 11.5. The van der Waals surface area contributed by atoms with Crippen LogP contribution in [0, 0.1) is 6.92 Å². The summed E-state index contributed by atoms with van der Waals surface area (Å²) in [6, 6.07) is 4.67. The molecule has 0 bridgehead atoms. The number of anilines is 1. The maximum Gasteiger partial charge on any atom is 0.318 e. The Hall–Kier alpha value is -3.46. The van der Waals surface area contributed by atoms with Crippen LogP contribution in [0.4, 0.5) is 5.82 Å². The lowest BCUT2D eigenvalue weighted by Crippen LogP contribution is -2.49. The van der Waals surface area contributed by atoms with E-state index >= 15 is 0 Å². The number of amides is 1. The summed E-state index contributed by atoms with van der Waals surface area (Å²) in [4.78, 5) is 27.9. The van der Waals surface area contributed by atoms with Crippen LogP contribution in [-0.4, -0.2) is 89.3 Å². The SMILES string of the molecule is C=CC(=O)N1CCN(c2nc(OC)nc3c2CCC(c2c(C)ccc4[nH]ncc24)C3)CC1.CN1CCCC1. The highest BCUT2D eigenvalue weighted by Crippen LogP contribution is 2.40. The summed E-state index contributed by atoms with van der Waals surface area (Å²) in [5.74, 6) is 1.31. The predicted molar refractivity (Wildman–Crippen MR) is 150 cm³/mol. The van der Waals surface area contributed by atoms with E-state index < -0.39 is 0 Å². The normalized spacial score (nSPS) is 19.6. The number of carbonyl (C=O) groups is 1. The zero-order chi connectivity index (χ0) is 26.6. The third kappa shape index (κ3) is 5.38. The highest BCUT2D eigenvalue weighted by Gasteiger charge is 2.30. The van der Waals surface area contributed by atoms with E-state index in [4.69, 9.17) is 14.7 Å². The van der Waals surface area contributed by atoms with Crippen LogP contribution in [0.25, 0.3) is 10.9 Å². The van der Waals surface area contributed by atoms with Crippen molar-refractivity contribution in [3.8, 4) is 6.01 Å². The van der Waals surface area contributed by atoms with Gasteiger partial charge in [-0.1, -0.05) is 12.6 Å². The molecular weight excluding hydrogens is 478 g/mol. The van der Waals surface area contributed by atoms with E-state index in [1.165, 1.54) is 54.1 Å². The van der Waals surface area contributed by atoms with Crippen molar-refractivity contribution in [3.63, 3.8) is 0 Å². The van der Waals surface area contributed by atoms with Crippen molar-refractivity contribution in [2.24, 2.45) is 0 Å². The summed E-state index contributed by atoms with van der Waals surface area (Å²) in [6.07, 6.45) is 8.94. The van der Waals surface area contributed by atoms with E-state index in [9.17, 15) is 4.79 Å². The van der Waals surface area contributed by atoms with Gasteiger partial charge in [0, 0.05) is 37.1 Å². The van der Waals surface area contributed by atoms with Crippen molar-refractivity contribution >= 4 is 22.6 Å². The molecule has 2 saturated heterocycles. The van der Waals surface area contributed by atoms with Crippen LogP contribution in [0.1, 0.15) is 47.6 Å². The molecule has 9 heteroatoms. The summed E-state index contributed by atoms with van der Waals surface area (Å²) in [5.41, 5.74) is 5.99. The Morgan fingerprint density at radius 3 is 2.55 bits per heavy atom. The molecule has 202 valence electrons. The molecule has 6 rings (SSSR count). The van der Waals surface area contributed by atoms with Crippen molar-refractivity contribution in [2.75, 3.05) is 58.3 Å². The van der Waals surface area contributed by atoms with E-state index in [1.807, 2.05) is 11.1 Å². The van der Waals surface area contributed by atoms with Crippen molar-refractivity contribution < 1.29 is 9.53 Å². The van der Waals surface area contributed by atoms with Gasteiger partial charge in [-0.2, -0.15) is 15.1 Å². The fourth-order valence-corrected chi connectivity index (χ4v) is 6.01. The number of benzene rings is 1. The van der Waals surface area contributed by atoms with Gasteiger partial charge in [0.15, 0.2) is 0 Å². The van der Waals surface area contributed by atoms with Gasteiger partial charge in [-0.15, -0.1) is 0 Å². The Labute approximate surface area is 224 Å². The number of methoxy groups -OCH3 is 1. The lowest BCUT2D eigenvalue weighted by Gasteiger charge is -2.37. The number of H-pyrrole nitrogens is 1. The van der Waals surface area contributed by atoms with E-state index in [-0.39, 0.29) is 5.91 Å². The molecule has 38 heavy (non-hydrogen) atoms. The predicted octanol–water partition coefficient (Wildman–Crippen LogP) is 3.49.